The van der Waals surface area contributed by atoms with Gasteiger partial charge >= 0.3 is 0 Å². The second kappa shape index (κ2) is 7.17. The van der Waals surface area contributed by atoms with Crippen molar-refractivity contribution in [2.45, 2.75) is 13.0 Å². The number of nitrogens with zero attached hydrogens (tertiary/aromatic N) is 3. The molecule has 134 valence electrons. The number of hydrogen-bond acceptors (Lipinski definition) is 4. The zero-order valence-corrected chi connectivity index (χ0v) is 15.2. The van der Waals surface area contributed by atoms with E-state index in [1.807, 2.05) is 49.4 Å². The van der Waals surface area contributed by atoms with E-state index in [1.165, 1.54) is 0 Å². The summed E-state index contributed by atoms with van der Waals surface area (Å²) in [5, 5.41) is 12.5. The predicted octanol–water partition coefficient (Wildman–Crippen LogP) is 4.16. The van der Waals surface area contributed by atoms with Crippen LogP contribution in [0.25, 0.3) is 22.2 Å². The van der Waals surface area contributed by atoms with Gasteiger partial charge in [-0.3, -0.25) is 14.9 Å². The van der Waals surface area contributed by atoms with Gasteiger partial charge in [0.2, 0.25) is 0 Å². The van der Waals surface area contributed by atoms with Gasteiger partial charge in [0.05, 0.1) is 6.04 Å². The molecule has 2 N–H and O–H groups in total. The second-order valence-electron chi connectivity index (χ2n) is 6.13. The monoisotopic (exact) mass is 377 g/mol. The van der Waals surface area contributed by atoms with Crippen LogP contribution in [0.1, 0.15) is 29.3 Å². The number of fused-ring (bicyclic) bond motifs is 1. The van der Waals surface area contributed by atoms with Crippen LogP contribution in [-0.2, 0) is 0 Å². The molecular weight excluding hydrogens is 362 g/mol. The molecule has 0 aliphatic carbocycles. The molecule has 1 atom stereocenters. The lowest BCUT2D eigenvalue weighted by molar-refractivity contribution is 0.0935. The molecule has 6 nitrogen and oxygen atoms in total. The summed E-state index contributed by atoms with van der Waals surface area (Å²) >= 11 is 5.91. The lowest BCUT2D eigenvalue weighted by atomic mass is 10.1. The van der Waals surface area contributed by atoms with E-state index >= 15 is 0 Å². The molecule has 0 aliphatic rings. The maximum Gasteiger partial charge on any atom is 0.271 e. The third kappa shape index (κ3) is 3.52. The molecule has 2 aromatic heterocycles. The van der Waals surface area contributed by atoms with Gasteiger partial charge < -0.3 is 5.32 Å². The van der Waals surface area contributed by atoms with Gasteiger partial charge in [-0.2, -0.15) is 5.10 Å². The number of amides is 1. The number of rotatable bonds is 4. The van der Waals surface area contributed by atoms with Gasteiger partial charge in [-0.05, 0) is 42.6 Å². The van der Waals surface area contributed by atoms with E-state index in [1.54, 1.807) is 18.3 Å². The summed E-state index contributed by atoms with van der Waals surface area (Å²) in [7, 11) is 0. The molecule has 0 unspecified atom stereocenters. The van der Waals surface area contributed by atoms with Crippen molar-refractivity contribution in [1.29, 1.82) is 0 Å². The van der Waals surface area contributed by atoms with Crippen LogP contribution in [0, 0.1) is 0 Å². The molecule has 0 saturated heterocycles. The molecule has 0 bridgehead atoms. The van der Waals surface area contributed by atoms with Gasteiger partial charge in [0.1, 0.15) is 11.5 Å². The Balaban J connectivity index is 1.54. The Morgan fingerprint density at radius 1 is 1.11 bits per heavy atom. The van der Waals surface area contributed by atoms with Crippen molar-refractivity contribution in [2.75, 3.05) is 0 Å². The molecule has 0 aliphatic heterocycles. The quantitative estimate of drug-likeness (QED) is 0.559. The van der Waals surface area contributed by atoms with Crippen LogP contribution in [0.4, 0.5) is 0 Å². The van der Waals surface area contributed by atoms with Crippen molar-refractivity contribution in [3.8, 4) is 11.4 Å². The molecule has 7 heteroatoms. The highest BCUT2D eigenvalue weighted by Gasteiger charge is 2.18. The Labute approximate surface area is 160 Å². The van der Waals surface area contributed by atoms with Crippen LogP contribution in [0.5, 0.6) is 0 Å². The fourth-order valence-corrected chi connectivity index (χ4v) is 2.96. The van der Waals surface area contributed by atoms with Crippen LogP contribution in [0.2, 0.25) is 5.02 Å². The summed E-state index contributed by atoms with van der Waals surface area (Å²) in [4.78, 5) is 21.4. The number of carbonyl (C=O) groups excluding carboxylic acids is 1. The molecule has 27 heavy (non-hydrogen) atoms. The Morgan fingerprint density at radius 3 is 2.70 bits per heavy atom. The number of nitrogens with one attached hydrogen (secondary N) is 2. The van der Waals surface area contributed by atoms with Gasteiger partial charge in [0.25, 0.3) is 5.91 Å². The number of halogens is 1. The maximum atomic E-state index is 12.7. The van der Waals surface area contributed by atoms with Crippen molar-refractivity contribution in [1.82, 2.24) is 25.5 Å². The number of pyridine rings is 1. The van der Waals surface area contributed by atoms with Crippen LogP contribution in [0.3, 0.4) is 0 Å². The maximum absolute atomic E-state index is 12.7. The third-order valence-corrected chi connectivity index (χ3v) is 4.50. The first-order chi connectivity index (χ1) is 13.1. The van der Waals surface area contributed by atoms with Crippen LogP contribution < -0.4 is 5.32 Å². The average Bonchev–Trinajstić information content (AvgIpc) is 3.18. The predicted molar refractivity (Wildman–Crippen MR) is 104 cm³/mol. The molecule has 1 amide bonds. The van der Waals surface area contributed by atoms with Crippen LogP contribution in [0.15, 0.2) is 60.8 Å². The van der Waals surface area contributed by atoms with Gasteiger partial charge in [0, 0.05) is 22.2 Å². The molecule has 0 spiro atoms. The largest absolute Gasteiger partial charge is 0.341 e. The molecule has 4 rings (SSSR count). The Hall–Kier alpha value is -3.25. The Morgan fingerprint density at radius 2 is 1.89 bits per heavy atom. The fourth-order valence-electron chi connectivity index (χ4n) is 2.83. The van der Waals surface area contributed by atoms with Gasteiger partial charge in [-0.1, -0.05) is 35.9 Å². The van der Waals surface area contributed by atoms with Crippen LogP contribution >= 0.6 is 11.6 Å². The fraction of sp³-hybridized carbons (Fsp3) is 0.100. The van der Waals surface area contributed by atoms with E-state index < -0.39 is 0 Å². The first kappa shape index (κ1) is 17.2. The molecule has 0 saturated carbocycles. The van der Waals surface area contributed by atoms with Crippen molar-refractivity contribution < 1.29 is 4.79 Å². The number of aromatic nitrogens is 4. The smallest absolute Gasteiger partial charge is 0.271 e. The zero-order valence-electron chi connectivity index (χ0n) is 14.5. The highest BCUT2D eigenvalue weighted by atomic mass is 35.5. The van der Waals surface area contributed by atoms with Crippen molar-refractivity contribution >= 4 is 28.3 Å². The Kier molecular flexibility index (Phi) is 4.56. The SMILES string of the molecule is C[C@H](NC(=O)c1nccc2ccccc12)c1nc(-c2ccc(Cl)cc2)n[nH]1. The van der Waals surface area contributed by atoms with Crippen LogP contribution in [-0.4, -0.2) is 26.1 Å². The third-order valence-electron chi connectivity index (χ3n) is 4.25. The molecule has 2 aromatic carbocycles. The highest BCUT2D eigenvalue weighted by Crippen LogP contribution is 2.20. The molecule has 0 fully saturated rings. The molecule has 2 heterocycles. The van der Waals surface area contributed by atoms with Gasteiger partial charge in [-0.25, -0.2) is 4.98 Å². The van der Waals surface area contributed by atoms with E-state index in [0.717, 1.165) is 16.3 Å². The van der Waals surface area contributed by atoms with E-state index in [2.05, 4.69) is 25.5 Å². The average molecular weight is 378 g/mol. The number of carbonyl (C=O) groups is 1. The molecule has 4 aromatic rings. The topological polar surface area (TPSA) is 83.6 Å². The van der Waals surface area contributed by atoms with E-state index in [4.69, 9.17) is 11.6 Å². The molecule has 0 radical (unpaired) electrons. The number of hydrogen-bond donors (Lipinski definition) is 2. The first-order valence-electron chi connectivity index (χ1n) is 8.44. The molecular formula is C20H16ClN5O. The second-order valence-corrected chi connectivity index (χ2v) is 6.56. The Bertz CT molecular complexity index is 1100. The normalized spacial score (nSPS) is 12.1. The van der Waals surface area contributed by atoms with Gasteiger partial charge in [-0.15, -0.1) is 0 Å². The highest BCUT2D eigenvalue weighted by molar-refractivity contribution is 6.30. The standard InChI is InChI=1S/C20H16ClN5O/c1-12(18-24-19(26-25-18)14-6-8-15(21)9-7-14)23-20(27)17-16-5-3-2-4-13(16)10-11-22-17/h2-12H,1H3,(H,23,27)(H,24,25,26)/t12-/m0/s1. The van der Waals surface area contributed by atoms with E-state index in [0.29, 0.717) is 22.4 Å². The zero-order chi connectivity index (χ0) is 18.8. The van der Waals surface area contributed by atoms with Gasteiger partial charge in [0.15, 0.2) is 5.82 Å². The van der Waals surface area contributed by atoms with E-state index in [-0.39, 0.29) is 11.9 Å². The van der Waals surface area contributed by atoms with E-state index in [9.17, 15) is 4.79 Å². The minimum atomic E-state index is -0.355. The number of benzene rings is 2. The lowest BCUT2D eigenvalue weighted by Gasteiger charge is -2.11. The summed E-state index contributed by atoms with van der Waals surface area (Å²) in [5.74, 6) is 0.850. The first-order valence-corrected chi connectivity index (χ1v) is 8.82. The van der Waals surface area contributed by atoms with Crippen molar-refractivity contribution in [3.63, 3.8) is 0 Å². The number of H-pyrrole nitrogens is 1. The summed E-state index contributed by atoms with van der Waals surface area (Å²) < 4.78 is 0. The van der Waals surface area contributed by atoms with Crippen molar-refractivity contribution in [2.24, 2.45) is 0 Å². The number of aromatic amines is 1. The lowest BCUT2D eigenvalue weighted by Crippen LogP contribution is -2.28. The summed E-state index contributed by atoms with van der Waals surface area (Å²) in [6, 6.07) is 16.4. The summed E-state index contributed by atoms with van der Waals surface area (Å²) in [6.07, 6.45) is 1.63. The summed E-state index contributed by atoms with van der Waals surface area (Å²) in [5.41, 5.74) is 1.23. The summed E-state index contributed by atoms with van der Waals surface area (Å²) in [6.45, 7) is 1.84. The minimum Gasteiger partial charge on any atom is -0.341 e. The van der Waals surface area contributed by atoms with Crippen molar-refractivity contribution in [3.05, 3.63) is 77.3 Å². The minimum absolute atomic E-state index is 0.260.